The summed E-state index contributed by atoms with van der Waals surface area (Å²) in [6.07, 6.45) is 0.258. The summed E-state index contributed by atoms with van der Waals surface area (Å²) in [5.74, 6) is -0.965. The van der Waals surface area contributed by atoms with Gasteiger partial charge in [-0.25, -0.2) is 4.79 Å². The summed E-state index contributed by atoms with van der Waals surface area (Å²) < 4.78 is 6.07. The Bertz CT molecular complexity index is 554. The number of nitrogens with zero attached hydrogens (tertiary/aromatic N) is 2. The summed E-state index contributed by atoms with van der Waals surface area (Å²) in [5, 5.41) is 17.3. The van der Waals surface area contributed by atoms with Gasteiger partial charge in [0.2, 0.25) is 0 Å². The number of likely N-dealkylation sites (N-methyl/N-ethyl adjacent to an activating group) is 1. The maximum Gasteiger partial charge on any atom is 0.335 e. The molecular weight excluding hydrogens is 375 g/mol. The lowest BCUT2D eigenvalue weighted by Gasteiger charge is -2.16. The van der Waals surface area contributed by atoms with Gasteiger partial charge in [-0.2, -0.15) is 5.26 Å². The van der Waals surface area contributed by atoms with Crippen LogP contribution < -0.4 is 4.74 Å². The van der Waals surface area contributed by atoms with E-state index < -0.39 is 5.97 Å². The summed E-state index contributed by atoms with van der Waals surface area (Å²) in [5.41, 5.74) is 0.103. The van der Waals surface area contributed by atoms with Crippen LogP contribution in [0.1, 0.15) is 16.8 Å². The molecule has 0 aromatic heterocycles. The first-order valence-electron chi connectivity index (χ1n) is 5.72. The normalized spacial score (nSPS) is 9.65. The van der Waals surface area contributed by atoms with E-state index in [2.05, 4.69) is 0 Å². The number of carbonyl (C=O) groups is 2. The van der Waals surface area contributed by atoms with E-state index in [9.17, 15) is 9.59 Å². The number of rotatable bonds is 6. The van der Waals surface area contributed by atoms with Crippen LogP contribution in [0.3, 0.4) is 0 Å². The summed E-state index contributed by atoms with van der Waals surface area (Å²) in [7, 11) is 1.58. The Morgan fingerprint density at radius 2 is 2.20 bits per heavy atom. The first kappa shape index (κ1) is 16.2. The van der Waals surface area contributed by atoms with E-state index in [0.29, 0.717) is 12.3 Å². The highest BCUT2D eigenvalue weighted by molar-refractivity contribution is 14.1. The summed E-state index contributed by atoms with van der Waals surface area (Å²) in [6.45, 7) is 0.145. The van der Waals surface area contributed by atoms with Crippen molar-refractivity contribution in [3.8, 4) is 11.8 Å². The molecule has 20 heavy (non-hydrogen) atoms. The molecular formula is C13H13IN2O4. The van der Waals surface area contributed by atoms with Crippen LogP contribution in [-0.2, 0) is 4.79 Å². The molecule has 0 bridgehead atoms. The molecule has 0 aliphatic carbocycles. The lowest BCUT2D eigenvalue weighted by molar-refractivity contribution is -0.132. The van der Waals surface area contributed by atoms with E-state index in [4.69, 9.17) is 15.1 Å². The number of benzene rings is 1. The molecule has 0 aliphatic rings. The predicted molar refractivity (Wildman–Crippen MR) is 79.5 cm³/mol. The quantitative estimate of drug-likeness (QED) is 0.750. The van der Waals surface area contributed by atoms with Crippen molar-refractivity contribution in [2.45, 2.75) is 6.42 Å². The third-order valence-corrected chi connectivity index (χ3v) is 3.41. The molecule has 1 aromatic carbocycles. The zero-order chi connectivity index (χ0) is 15.1. The number of hydrogen-bond donors (Lipinski definition) is 1. The SMILES string of the molecule is CN(CCC#N)C(=O)COc1cc(C(=O)O)ccc1I. The van der Waals surface area contributed by atoms with Gasteiger partial charge >= 0.3 is 5.97 Å². The van der Waals surface area contributed by atoms with Gasteiger partial charge in [-0.05, 0) is 40.8 Å². The molecule has 1 aromatic rings. The Morgan fingerprint density at radius 3 is 2.80 bits per heavy atom. The molecule has 1 N–H and O–H groups in total. The maximum absolute atomic E-state index is 11.7. The Morgan fingerprint density at radius 1 is 1.50 bits per heavy atom. The van der Waals surface area contributed by atoms with Crippen LogP contribution in [-0.4, -0.2) is 42.1 Å². The molecule has 0 radical (unpaired) electrons. The van der Waals surface area contributed by atoms with Crippen molar-refractivity contribution >= 4 is 34.5 Å². The molecule has 0 atom stereocenters. The van der Waals surface area contributed by atoms with Gasteiger partial charge in [-0.15, -0.1) is 0 Å². The Labute approximate surface area is 130 Å². The second-order valence-electron chi connectivity index (χ2n) is 3.96. The molecule has 0 heterocycles. The third kappa shape index (κ3) is 4.70. The lowest BCUT2D eigenvalue weighted by Crippen LogP contribution is -2.32. The Hall–Kier alpha value is -1.82. The third-order valence-electron chi connectivity index (χ3n) is 2.51. The number of ether oxygens (including phenoxy) is 1. The van der Waals surface area contributed by atoms with Gasteiger partial charge < -0.3 is 14.7 Å². The van der Waals surface area contributed by atoms with Gasteiger partial charge in [0, 0.05) is 13.6 Å². The zero-order valence-electron chi connectivity index (χ0n) is 10.8. The summed E-state index contributed by atoms with van der Waals surface area (Å²) in [4.78, 5) is 24.0. The highest BCUT2D eigenvalue weighted by atomic mass is 127. The smallest absolute Gasteiger partial charge is 0.335 e. The first-order chi connectivity index (χ1) is 9.45. The molecule has 0 saturated carbocycles. The number of nitriles is 1. The van der Waals surface area contributed by atoms with Crippen LogP contribution in [0.2, 0.25) is 0 Å². The molecule has 0 aliphatic heterocycles. The van der Waals surface area contributed by atoms with Crippen molar-refractivity contribution < 1.29 is 19.4 Å². The van der Waals surface area contributed by atoms with Crippen molar-refractivity contribution in [3.05, 3.63) is 27.3 Å². The minimum Gasteiger partial charge on any atom is -0.483 e. The molecule has 0 unspecified atom stereocenters. The number of carboxylic acid groups (broad SMARTS) is 1. The van der Waals surface area contributed by atoms with Crippen LogP contribution in [0.25, 0.3) is 0 Å². The fourth-order valence-electron chi connectivity index (χ4n) is 1.34. The monoisotopic (exact) mass is 388 g/mol. The van der Waals surface area contributed by atoms with Crippen LogP contribution in [0, 0.1) is 14.9 Å². The second-order valence-corrected chi connectivity index (χ2v) is 5.12. The highest BCUT2D eigenvalue weighted by Crippen LogP contribution is 2.22. The topological polar surface area (TPSA) is 90.6 Å². The van der Waals surface area contributed by atoms with E-state index in [1.54, 1.807) is 13.1 Å². The number of amides is 1. The van der Waals surface area contributed by atoms with Gasteiger partial charge in [0.05, 0.1) is 21.6 Å². The first-order valence-corrected chi connectivity index (χ1v) is 6.80. The molecule has 7 heteroatoms. The summed E-state index contributed by atoms with van der Waals surface area (Å²) in [6, 6.07) is 6.42. The van der Waals surface area contributed by atoms with Crippen molar-refractivity contribution in [2.75, 3.05) is 20.2 Å². The molecule has 1 rings (SSSR count). The minimum absolute atomic E-state index is 0.103. The second kappa shape index (κ2) is 7.69. The van der Waals surface area contributed by atoms with E-state index >= 15 is 0 Å². The predicted octanol–water partition coefficient (Wildman–Crippen LogP) is 1.74. The minimum atomic E-state index is -1.05. The van der Waals surface area contributed by atoms with Crippen molar-refractivity contribution in [1.82, 2.24) is 4.90 Å². The average molecular weight is 388 g/mol. The van der Waals surface area contributed by atoms with Gasteiger partial charge in [0.1, 0.15) is 5.75 Å². The zero-order valence-corrected chi connectivity index (χ0v) is 13.0. The van der Waals surface area contributed by atoms with Crippen LogP contribution in [0.15, 0.2) is 18.2 Å². The standard InChI is InChI=1S/C13H13IN2O4/c1-16(6-2-5-15)12(17)8-20-11-7-9(13(18)19)3-4-10(11)14/h3-4,7H,2,6,8H2,1H3,(H,18,19). The van der Waals surface area contributed by atoms with Gasteiger partial charge in [-0.3, -0.25) is 4.79 Å². The van der Waals surface area contributed by atoms with E-state index in [1.807, 2.05) is 28.7 Å². The number of carboxylic acids is 1. The van der Waals surface area contributed by atoms with E-state index in [1.165, 1.54) is 17.0 Å². The maximum atomic E-state index is 11.7. The number of hydrogen-bond acceptors (Lipinski definition) is 4. The number of aromatic carboxylic acids is 1. The molecule has 0 saturated heterocycles. The molecule has 0 fully saturated rings. The molecule has 1 amide bonds. The lowest BCUT2D eigenvalue weighted by atomic mass is 10.2. The van der Waals surface area contributed by atoms with Crippen LogP contribution in [0.4, 0.5) is 0 Å². The van der Waals surface area contributed by atoms with E-state index in [0.717, 1.165) is 3.57 Å². The molecule has 106 valence electrons. The molecule has 6 nitrogen and oxygen atoms in total. The van der Waals surface area contributed by atoms with Gasteiger partial charge in [0.15, 0.2) is 6.61 Å². The average Bonchev–Trinajstić information content (AvgIpc) is 2.43. The highest BCUT2D eigenvalue weighted by Gasteiger charge is 2.12. The largest absolute Gasteiger partial charge is 0.483 e. The van der Waals surface area contributed by atoms with Crippen molar-refractivity contribution in [3.63, 3.8) is 0 Å². The Balaban J connectivity index is 2.65. The van der Waals surface area contributed by atoms with Crippen LogP contribution in [0.5, 0.6) is 5.75 Å². The van der Waals surface area contributed by atoms with Crippen LogP contribution >= 0.6 is 22.6 Å². The van der Waals surface area contributed by atoms with Crippen molar-refractivity contribution in [1.29, 1.82) is 5.26 Å². The molecule has 0 spiro atoms. The van der Waals surface area contributed by atoms with Gasteiger partial charge in [-0.1, -0.05) is 0 Å². The fourth-order valence-corrected chi connectivity index (χ4v) is 1.83. The number of carbonyl (C=O) groups excluding carboxylic acids is 1. The summed E-state index contributed by atoms with van der Waals surface area (Å²) >= 11 is 2.00. The number of halogens is 1. The van der Waals surface area contributed by atoms with E-state index in [-0.39, 0.29) is 24.5 Å². The fraction of sp³-hybridized carbons (Fsp3) is 0.308. The van der Waals surface area contributed by atoms with Gasteiger partial charge in [0.25, 0.3) is 5.91 Å². The Kier molecular flexibility index (Phi) is 6.24. The van der Waals surface area contributed by atoms with Crippen molar-refractivity contribution in [2.24, 2.45) is 0 Å².